The van der Waals surface area contributed by atoms with Crippen LogP contribution in [-0.4, -0.2) is 4.98 Å². The largest absolute Gasteiger partial charge is 0.399 e. The minimum absolute atomic E-state index is 0.804. The molecule has 0 aliphatic heterocycles. The van der Waals surface area contributed by atoms with Gasteiger partial charge in [0, 0.05) is 42.1 Å². The van der Waals surface area contributed by atoms with Gasteiger partial charge in [-0.2, -0.15) is 0 Å². The second-order valence-electron chi connectivity index (χ2n) is 5.39. The highest BCUT2D eigenvalue weighted by Gasteiger charge is 2.12. The van der Waals surface area contributed by atoms with E-state index >= 15 is 0 Å². The number of nitrogen functional groups attached to an aromatic ring is 1. The van der Waals surface area contributed by atoms with Crippen LogP contribution in [0.15, 0.2) is 54.6 Å². The predicted molar refractivity (Wildman–Crippen MR) is 93.1 cm³/mol. The Balaban J connectivity index is 2.10. The monoisotopic (exact) mass is 288 g/mol. The Morgan fingerprint density at radius 3 is 2.67 bits per heavy atom. The number of H-pyrrole nitrogens is 1. The number of hydrogen-bond donors (Lipinski definition) is 2. The fourth-order valence-electron chi connectivity index (χ4n) is 3.20. The number of fused-ring (bicyclic) bond motifs is 7. The van der Waals surface area contributed by atoms with Crippen molar-refractivity contribution in [1.82, 2.24) is 4.98 Å². The van der Waals surface area contributed by atoms with Crippen molar-refractivity contribution in [3.8, 4) is 0 Å². The zero-order valence-corrected chi connectivity index (χ0v) is 12.0. The lowest BCUT2D eigenvalue weighted by molar-refractivity contribution is 1.57. The molecule has 0 aliphatic rings. The number of nitrogens with one attached hydrogen (secondary N) is 1. The van der Waals surface area contributed by atoms with Crippen LogP contribution < -0.4 is 5.73 Å². The summed E-state index contributed by atoms with van der Waals surface area (Å²) >= 11 is 1.84. The molecular weight excluding hydrogens is 276 g/mol. The molecule has 0 spiro atoms. The highest BCUT2D eigenvalue weighted by Crippen LogP contribution is 2.40. The number of rotatable bonds is 0. The zero-order valence-electron chi connectivity index (χ0n) is 11.2. The zero-order chi connectivity index (χ0) is 14.0. The summed E-state index contributed by atoms with van der Waals surface area (Å²) in [4.78, 5) is 3.58. The Hall–Kier alpha value is -2.52. The molecule has 0 aliphatic carbocycles. The van der Waals surface area contributed by atoms with E-state index in [0.29, 0.717) is 0 Å². The highest BCUT2D eigenvalue weighted by molar-refractivity contribution is 7.26. The molecule has 0 amide bonds. The van der Waals surface area contributed by atoms with Gasteiger partial charge in [-0.05, 0) is 30.3 Å². The van der Waals surface area contributed by atoms with E-state index < -0.39 is 0 Å². The van der Waals surface area contributed by atoms with Gasteiger partial charge in [0.2, 0.25) is 0 Å². The Morgan fingerprint density at radius 2 is 1.71 bits per heavy atom. The molecule has 0 radical (unpaired) electrons. The lowest BCUT2D eigenvalue weighted by Crippen LogP contribution is -1.81. The van der Waals surface area contributed by atoms with E-state index in [2.05, 4.69) is 53.5 Å². The van der Waals surface area contributed by atoms with E-state index in [-0.39, 0.29) is 0 Å². The van der Waals surface area contributed by atoms with Crippen molar-refractivity contribution in [2.24, 2.45) is 0 Å². The molecule has 0 unspecified atom stereocenters. The third-order valence-corrected chi connectivity index (χ3v) is 5.27. The minimum atomic E-state index is 0.804. The first-order valence-electron chi connectivity index (χ1n) is 6.92. The second-order valence-corrected chi connectivity index (χ2v) is 6.47. The number of benzene rings is 3. The van der Waals surface area contributed by atoms with E-state index in [9.17, 15) is 0 Å². The van der Waals surface area contributed by atoms with Crippen LogP contribution in [0.3, 0.4) is 0 Å². The minimum Gasteiger partial charge on any atom is -0.399 e. The summed E-state index contributed by atoms with van der Waals surface area (Å²) in [6.07, 6.45) is 0. The van der Waals surface area contributed by atoms with E-state index in [1.54, 1.807) is 0 Å². The first-order valence-corrected chi connectivity index (χ1v) is 7.74. The van der Waals surface area contributed by atoms with Gasteiger partial charge >= 0.3 is 0 Å². The maximum Gasteiger partial charge on any atom is 0.0559 e. The SMILES string of the molecule is Nc1ccc2[nH]c3c(ccc4sc5ccccc5c43)c2c1. The van der Waals surface area contributed by atoms with Crippen LogP contribution in [0.2, 0.25) is 0 Å². The van der Waals surface area contributed by atoms with E-state index in [1.807, 2.05) is 17.4 Å². The van der Waals surface area contributed by atoms with Crippen molar-refractivity contribution >= 4 is 59.0 Å². The van der Waals surface area contributed by atoms with E-state index in [0.717, 1.165) is 11.2 Å². The van der Waals surface area contributed by atoms with Crippen LogP contribution in [0.5, 0.6) is 0 Å². The van der Waals surface area contributed by atoms with Crippen molar-refractivity contribution in [2.75, 3.05) is 5.73 Å². The normalized spacial score (nSPS) is 12.0. The van der Waals surface area contributed by atoms with Crippen LogP contribution in [-0.2, 0) is 0 Å². The van der Waals surface area contributed by atoms with Gasteiger partial charge in [0.15, 0.2) is 0 Å². The number of aromatic nitrogens is 1. The first kappa shape index (κ1) is 11.2. The van der Waals surface area contributed by atoms with Crippen molar-refractivity contribution in [2.45, 2.75) is 0 Å². The Morgan fingerprint density at radius 1 is 0.810 bits per heavy atom. The molecule has 0 saturated carbocycles. The van der Waals surface area contributed by atoms with Crippen LogP contribution in [0.25, 0.3) is 42.0 Å². The van der Waals surface area contributed by atoms with Crippen LogP contribution in [0.1, 0.15) is 0 Å². The summed E-state index contributed by atoms with van der Waals surface area (Å²) in [5, 5.41) is 5.08. The molecule has 3 N–H and O–H groups in total. The lowest BCUT2D eigenvalue weighted by atomic mass is 10.1. The average Bonchev–Trinajstić information content (AvgIpc) is 3.04. The van der Waals surface area contributed by atoms with Crippen molar-refractivity contribution < 1.29 is 0 Å². The fraction of sp³-hybridized carbons (Fsp3) is 0. The molecule has 3 aromatic carbocycles. The summed E-state index contributed by atoms with van der Waals surface area (Å²) < 4.78 is 2.65. The molecule has 0 bridgehead atoms. The maximum absolute atomic E-state index is 5.95. The Kier molecular flexibility index (Phi) is 2.01. The van der Waals surface area contributed by atoms with Gasteiger partial charge in [-0.25, -0.2) is 0 Å². The van der Waals surface area contributed by atoms with Gasteiger partial charge in [-0.1, -0.05) is 24.3 Å². The Bertz CT molecular complexity index is 1150. The molecule has 0 fully saturated rings. The number of nitrogens with two attached hydrogens (primary N) is 1. The van der Waals surface area contributed by atoms with Gasteiger partial charge in [0.1, 0.15) is 0 Å². The van der Waals surface area contributed by atoms with Gasteiger partial charge in [-0.3, -0.25) is 0 Å². The maximum atomic E-state index is 5.95. The van der Waals surface area contributed by atoms with Crippen molar-refractivity contribution in [3.63, 3.8) is 0 Å². The molecule has 5 rings (SSSR count). The predicted octanol–water partition coefficient (Wildman–Crippen LogP) is 5.27. The summed E-state index contributed by atoms with van der Waals surface area (Å²) in [7, 11) is 0. The quantitative estimate of drug-likeness (QED) is 0.374. The number of anilines is 1. The molecule has 21 heavy (non-hydrogen) atoms. The molecule has 5 aromatic rings. The van der Waals surface area contributed by atoms with Gasteiger partial charge in [0.05, 0.1) is 5.52 Å². The summed E-state index contributed by atoms with van der Waals surface area (Å²) in [6, 6.07) is 19.1. The number of hydrogen-bond acceptors (Lipinski definition) is 2. The summed E-state index contributed by atoms with van der Waals surface area (Å²) in [5.41, 5.74) is 9.10. The van der Waals surface area contributed by atoms with Crippen LogP contribution >= 0.6 is 11.3 Å². The van der Waals surface area contributed by atoms with Crippen molar-refractivity contribution in [3.05, 3.63) is 54.6 Å². The molecule has 2 aromatic heterocycles. The highest BCUT2D eigenvalue weighted by atomic mass is 32.1. The van der Waals surface area contributed by atoms with Crippen molar-refractivity contribution in [1.29, 1.82) is 0 Å². The Labute approximate surface area is 124 Å². The summed E-state index contributed by atoms with van der Waals surface area (Å²) in [6.45, 7) is 0. The third kappa shape index (κ3) is 1.41. The molecule has 0 saturated heterocycles. The molecule has 3 heteroatoms. The summed E-state index contributed by atoms with van der Waals surface area (Å²) in [5.74, 6) is 0. The smallest absolute Gasteiger partial charge is 0.0559 e. The molecular formula is C18H12N2S. The van der Waals surface area contributed by atoms with Crippen LogP contribution in [0.4, 0.5) is 5.69 Å². The topological polar surface area (TPSA) is 41.8 Å². The van der Waals surface area contributed by atoms with E-state index in [4.69, 9.17) is 5.73 Å². The average molecular weight is 288 g/mol. The number of thiophene rings is 1. The first-order chi connectivity index (χ1) is 10.3. The third-order valence-electron chi connectivity index (χ3n) is 4.14. The van der Waals surface area contributed by atoms with Gasteiger partial charge in [0.25, 0.3) is 0 Å². The molecule has 0 atom stereocenters. The number of aromatic amines is 1. The molecule has 2 heterocycles. The van der Waals surface area contributed by atoms with Gasteiger partial charge in [-0.15, -0.1) is 11.3 Å². The fourth-order valence-corrected chi connectivity index (χ4v) is 4.31. The lowest BCUT2D eigenvalue weighted by Gasteiger charge is -1.95. The molecule has 2 nitrogen and oxygen atoms in total. The van der Waals surface area contributed by atoms with Crippen LogP contribution in [0, 0.1) is 0 Å². The second kappa shape index (κ2) is 3.77. The van der Waals surface area contributed by atoms with E-state index in [1.165, 1.54) is 36.5 Å². The molecule has 100 valence electrons. The van der Waals surface area contributed by atoms with Gasteiger partial charge < -0.3 is 10.7 Å². The standard InChI is InChI=1S/C18H12N2S/c19-10-5-7-14-13(9-10)11-6-8-16-17(18(11)20-14)12-3-1-2-4-15(12)21-16/h1-9,20H,19H2.